The molecule has 0 heterocycles. The Hall–Kier alpha value is -2.72. The second-order valence-electron chi connectivity index (χ2n) is 7.33. The van der Waals surface area contributed by atoms with Crippen LogP contribution in [-0.4, -0.2) is 47.9 Å². The largest absolute Gasteiger partial charge is 0.444 e. The Labute approximate surface area is 152 Å². The molecule has 0 saturated carbocycles. The third-order valence-corrected chi connectivity index (χ3v) is 2.32. The van der Waals surface area contributed by atoms with Gasteiger partial charge in [-0.15, -0.1) is 0 Å². The van der Waals surface area contributed by atoms with E-state index < -0.39 is 35.3 Å². The highest BCUT2D eigenvalue weighted by molar-refractivity contribution is 5.92. The summed E-state index contributed by atoms with van der Waals surface area (Å²) in [6.07, 6.45) is -1.54. The van der Waals surface area contributed by atoms with E-state index in [2.05, 4.69) is 15.8 Å². The fraction of sp³-hybridized carbons (Fsp3) is 0.733. The molecule has 0 aliphatic carbocycles. The van der Waals surface area contributed by atoms with E-state index in [1.165, 1.54) is 0 Å². The number of alkyl carbamates (subject to hydrolysis) is 2. The topological polar surface area (TPSA) is 167 Å². The number of nitrogens with two attached hydrogens (primary N) is 2. The first kappa shape index (κ1) is 23.3. The minimum absolute atomic E-state index is 0.0256. The number of primary amides is 1. The van der Waals surface area contributed by atoms with Gasteiger partial charge in [0.1, 0.15) is 23.9 Å². The molecule has 0 bridgehead atoms. The molecule has 3 amide bonds. The summed E-state index contributed by atoms with van der Waals surface area (Å²) in [6, 6.07) is -1.01. The first-order chi connectivity index (χ1) is 11.7. The Morgan fingerprint density at radius 2 is 1.46 bits per heavy atom. The highest BCUT2D eigenvalue weighted by atomic mass is 16.6. The standard InChI is InChI=1S/C15H29N5O6/c1-14(2,3)25-12(22)18-9(10(16)21)7-8-24-20-11(17)19-13(23)26-15(4,5)6/h9H,7-8H2,1-6H3,(H2,16,21)(H,18,22)(H3,17,19,20,23). The number of ether oxygens (including phenoxy) is 2. The summed E-state index contributed by atoms with van der Waals surface area (Å²) < 4.78 is 10.0. The Morgan fingerprint density at radius 3 is 1.92 bits per heavy atom. The van der Waals surface area contributed by atoms with Crippen LogP contribution in [0.2, 0.25) is 0 Å². The van der Waals surface area contributed by atoms with Crippen molar-refractivity contribution in [3.05, 3.63) is 0 Å². The number of hydrogen-bond acceptors (Lipinski definition) is 7. The first-order valence-electron chi connectivity index (χ1n) is 7.94. The highest BCUT2D eigenvalue weighted by Crippen LogP contribution is 2.07. The van der Waals surface area contributed by atoms with Gasteiger partial charge < -0.3 is 31.1 Å². The number of nitrogens with one attached hydrogen (secondary N) is 2. The summed E-state index contributed by atoms with van der Waals surface area (Å²) in [5, 5.41) is 7.95. The molecule has 0 aliphatic rings. The average Bonchev–Trinajstić information content (AvgIpc) is 2.37. The predicted octanol–water partition coefficient (Wildman–Crippen LogP) is 0.526. The smallest absolute Gasteiger partial charge is 0.414 e. The highest BCUT2D eigenvalue weighted by Gasteiger charge is 2.22. The van der Waals surface area contributed by atoms with Crippen molar-refractivity contribution in [2.75, 3.05) is 6.61 Å². The third-order valence-electron chi connectivity index (χ3n) is 2.32. The molecule has 6 N–H and O–H groups in total. The van der Waals surface area contributed by atoms with Crippen molar-refractivity contribution >= 4 is 24.1 Å². The molecule has 0 aromatic carbocycles. The van der Waals surface area contributed by atoms with Crippen LogP contribution in [0.3, 0.4) is 0 Å². The maximum absolute atomic E-state index is 11.7. The van der Waals surface area contributed by atoms with Gasteiger partial charge in [0.05, 0.1) is 0 Å². The molecule has 150 valence electrons. The molecule has 0 aromatic rings. The number of oxime groups is 1. The van der Waals surface area contributed by atoms with Crippen LogP contribution in [0.15, 0.2) is 5.16 Å². The van der Waals surface area contributed by atoms with E-state index in [-0.39, 0.29) is 19.0 Å². The Kier molecular flexibility index (Phi) is 8.67. The molecular weight excluding hydrogens is 346 g/mol. The van der Waals surface area contributed by atoms with Crippen molar-refractivity contribution in [3.8, 4) is 0 Å². The molecule has 1 atom stereocenters. The molecule has 0 aromatic heterocycles. The predicted molar refractivity (Wildman–Crippen MR) is 93.9 cm³/mol. The second kappa shape index (κ2) is 9.68. The fourth-order valence-electron chi connectivity index (χ4n) is 1.45. The van der Waals surface area contributed by atoms with Gasteiger partial charge in [0.25, 0.3) is 0 Å². The number of amides is 3. The van der Waals surface area contributed by atoms with Crippen molar-refractivity contribution in [2.45, 2.75) is 65.2 Å². The molecule has 26 heavy (non-hydrogen) atoms. The van der Waals surface area contributed by atoms with Gasteiger partial charge in [-0.25, -0.2) is 9.59 Å². The molecule has 11 nitrogen and oxygen atoms in total. The molecular formula is C15H29N5O6. The number of carbonyl (C=O) groups excluding carboxylic acids is 3. The molecule has 0 rings (SSSR count). The summed E-state index contributed by atoms with van der Waals surface area (Å²) in [4.78, 5) is 39.4. The molecule has 1 unspecified atom stereocenters. The van der Waals surface area contributed by atoms with Gasteiger partial charge in [0.2, 0.25) is 11.9 Å². The van der Waals surface area contributed by atoms with Crippen LogP contribution < -0.4 is 22.1 Å². The van der Waals surface area contributed by atoms with Gasteiger partial charge in [0, 0.05) is 6.42 Å². The Bertz CT molecular complexity index is 536. The molecule has 0 spiro atoms. The Morgan fingerprint density at radius 1 is 0.962 bits per heavy atom. The van der Waals surface area contributed by atoms with Gasteiger partial charge >= 0.3 is 12.2 Å². The van der Waals surface area contributed by atoms with Crippen LogP contribution in [0.5, 0.6) is 0 Å². The summed E-state index contributed by atoms with van der Waals surface area (Å²) >= 11 is 0. The normalized spacial score (nSPS) is 13.4. The number of hydrogen-bond donors (Lipinski definition) is 4. The van der Waals surface area contributed by atoms with Crippen molar-refractivity contribution < 1.29 is 28.7 Å². The lowest BCUT2D eigenvalue weighted by molar-refractivity contribution is -0.120. The SMILES string of the molecule is CC(C)(C)OC(=O)NC(N)=NOCCC(NC(=O)OC(C)(C)C)C(N)=O. The summed E-state index contributed by atoms with van der Waals surface area (Å²) in [6.45, 7) is 10.0. The zero-order valence-electron chi connectivity index (χ0n) is 16.0. The monoisotopic (exact) mass is 375 g/mol. The van der Waals surface area contributed by atoms with Crippen LogP contribution in [-0.2, 0) is 19.1 Å². The average molecular weight is 375 g/mol. The van der Waals surface area contributed by atoms with E-state index >= 15 is 0 Å². The number of nitrogens with zero attached hydrogens (tertiary/aromatic N) is 1. The lowest BCUT2D eigenvalue weighted by atomic mass is 10.2. The van der Waals surface area contributed by atoms with Crippen molar-refractivity contribution in [2.24, 2.45) is 16.6 Å². The molecule has 0 aliphatic heterocycles. The van der Waals surface area contributed by atoms with Gasteiger partial charge in [-0.3, -0.25) is 10.1 Å². The second-order valence-corrected chi connectivity index (χ2v) is 7.33. The third kappa shape index (κ3) is 12.7. The number of carbonyl (C=O) groups is 3. The molecule has 11 heteroatoms. The first-order valence-corrected chi connectivity index (χ1v) is 7.94. The Balaban J connectivity index is 4.37. The quantitative estimate of drug-likeness (QED) is 0.227. The van der Waals surface area contributed by atoms with E-state index in [0.717, 1.165) is 0 Å². The van der Waals surface area contributed by atoms with Crippen molar-refractivity contribution in [3.63, 3.8) is 0 Å². The zero-order chi connectivity index (χ0) is 20.5. The van der Waals surface area contributed by atoms with Crippen LogP contribution >= 0.6 is 0 Å². The van der Waals surface area contributed by atoms with Crippen LogP contribution in [0.1, 0.15) is 48.0 Å². The molecule has 0 radical (unpaired) electrons. The van der Waals surface area contributed by atoms with E-state index in [0.29, 0.717) is 0 Å². The van der Waals surface area contributed by atoms with Crippen LogP contribution in [0.4, 0.5) is 9.59 Å². The lowest BCUT2D eigenvalue weighted by Gasteiger charge is -2.22. The van der Waals surface area contributed by atoms with Crippen LogP contribution in [0, 0.1) is 0 Å². The number of guanidine groups is 1. The summed E-state index contributed by atoms with van der Waals surface area (Å²) in [5.41, 5.74) is 9.27. The minimum Gasteiger partial charge on any atom is -0.444 e. The van der Waals surface area contributed by atoms with Crippen molar-refractivity contribution in [1.29, 1.82) is 0 Å². The maximum atomic E-state index is 11.7. The van der Waals surface area contributed by atoms with Gasteiger partial charge in [-0.1, -0.05) is 0 Å². The van der Waals surface area contributed by atoms with Gasteiger partial charge in [-0.2, -0.15) is 0 Å². The van der Waals surface area contributed by atoms with E-state index in [1.807, 2.05) is 0 Å². The minimum atomic E-state index is -1.01. The van der Waals surface area contributed by atoms with E-state index in [4.69, 9.17) is 25.8 Å². The van der Waals surface area contributed by atoms with Crippen LogP contribution in [0.25, 0.3) is 0 Å². The molecule has 0 fully saturated rings. The van der Waals surface area contributed by atoms with Gasteiger partial charge in [-0.05, 0) is 46.7 Å². The van der Waals surface area contributed by atoms with E-state index in [9.17, 15) is 14.4 Å². The van der Waals surface area contributed by atoms with E-state index in [1.54, 1.807) is 41.5 Å². The zero-order valence-corrected chi connectivity index (χ0v) is 16.0. The lowest BCUT2D eigenvalue weighted by Crippen LogP contribution is -2.46. The summed E-state index contributed by atoms with van der Waals surface area (Å²) in [5.74, 6) is -1.08. The maximum Gasteiger partial charge on any atom is 0.414 e. The molecule has 0 saturated heterocycles. The van der Waals surface area contributed by atoms with Gasteiger partial charge in [0.15, 0.2) is 0 Å². The van der Waals surface area contributed by atoms with Crippen molar-refractivity contribution in [1.82, 2.24) is 10.6 Å². The number of rotatable bonds is 6. The summed E-state index contributed by atoms with van der Waals surface area (Å²) in [7, 11) is 0. The fourth-order valence-corrected chi connectivity index (χ4v) is 1.45.